The molecule has 5 aromatic rings. The lowest BCUT2D eigenvalue weighted by atomic mass is 10.1. The van der Waals surface area contributed by atoms with E-state index in [1.807, 2.05) is 31.3 Å². The molecule has 0 aromatic carbocycles. The van der Waals surface area contributed by atoms with Crippen LogP contribution < -0.4 is 0 Å². The lowest BCUT2D eigenvalue weighted by Crippen LogP contribution is -1.99. The van der Waals surface area contributed by atoms with E-state index in [9.17, 15) is 0 Å². The number of imidazole rings is 1. The molecular formula is C23H21N5. The van der Waals surface area contributed by atoms with Gasteiger partial charge in [-0.05, 0) is 75.6 Å². The van der Waals surface area contributed by atoms with Crippen molar-refractivity contribution < 1.29 is 0 Å². The van der Waals surface area contributed by atoms with Gasteiger partial charge in [-0.25, -0.2) is 4.98 Å². The first kappa shape index (κ1) is 16.8. The first-order valence-corrected chi connectivity index (χ1v) is 9.55. The van der Waals surface area contributed by atoms with Gasteiger partial charge in [0.05, 0.1) is 22.2 Å². The summed E-state index contributed by atoms with van der Waals surface area (Å²) in [6, 6.07) is 12.3. The summed E-state index contributed by atoms with van der Waals surface area (Å²) < 4.78 is 2.16. The maximum atomic E-state index is 4.93. The standard InChI is InChI=1S/C23H21N5/c1-14-13-17(26-21-8-6-15(2)25-22(14)21)7-9-19-16(3)28-12-10-20-18(23(28)27-19)5-4-11-24-20/h4-6,8,10-13H,7,9H2,1-3H3. The van der Waals surface area contributed by atoms with Crippen molar-refractivity contribution in [3.8, 4) is 0 Å². The van der Waals surface area contributed by atoms with Gasteiger partial charge in [0.2, 0.25) is 0 Å². The molecule has 0 amide bonds. The highest BCUT2D eigenvalue weighted by molar-refractivity contribution is 5.91. The monoisotopic (exact) mass is 367 g/mol. The van der Waals surface area contributed by atoms with Crippen LogP contribution in [0.1, 0.15) is 28.3 Å². The van der Waals surface area contributed by atoms with Crippen LogP contribution in [0.25, 0.3) is 27.6 Å². The summed E-state index contributed by atoms with van der Waals surface area (Å²) in [5, 5.41) is 1.08. The first-order valence-electron chi connectivity index (χ1n) is 9.55. The molecule has 0 aliphatic rings. The quantitative estimate of drug-likeness (QED) is 0.470. The van der Waals surface area contributed by atoms with E-state index >= 15 is 0 Å². The zero-order chi connectivity index (χ0) is 19.3. The van der Waals surface area contributed by atoms with Gasteiger partial charge < -0.3 is 4.40 Å². The molecule has 0 fully saturated rings. The molecule has 138 valence electrons. The Kier molecular flexibility index (Phi) is 3.83. The van der Waals surface area contributed by atoms with Crippen molar-refractivity contribution in [3.63, 3.8) is 0 Å². The smallest absolute Gasteiger partial charge is 0.146 e. The molecule has 0 atom stereocenters. The number of hydrogen-bond acceptors (Lipinski definition) is 4. The van der Waals surface area contributed by atoms with Gasteiger partial charge >= 0.3 is 0 Å². The molecule has 5 aromatic heterocycles. The van der Waals surface area contributed by atoms with Crippen molar-refractivity contribution in [1.82, 2.24) is 24.3 Å². The molecule has 0 spiro atoms. The van der Waals surface area contributed by atoms with Gasteiger partial charge in [0, 0.05) is 34.9 Å². The summed E-state index contributed by atoms with van der Waals surface area (Å²) in [5.74, 6) is 0. The third kappa shape index (κ3) is 2.71. The van der Waals surface area contributed by atoms with Crippen LogP contribution in [0.15, 0.2) is 48.8 Å². The van der Waals surface area contributed by atoms with Crippen molar-refractivity contribution in [2.24, 2.45) is 0 Å². The van der Waals surface area contributed by atoms with Crippen molar-refractivity contribution >= 4 is 27.6 Å². The van der Waals surface area contributed by atoms with Crippen molar-refractivity contribution in [2.45, 2.75) is 33.6 Å². The number of pyridine rings is 4. The summed E-state index contributed by atoms with van der Waals surface area (Å²) in [5.41, 5.74) is 9.46. The topological polar surface area (TPSA) is 56.0 Å². The number of aryl methyl sites for hydroxylation is 5. The zero-order valence-corrected chi connectivity index (χ0v) is 16.3. The second-order valence-electron chi connectivity index (χ2n) is 7.34. The predicted molar refractivity (Wildman–Crippen MR) is 112 cm³/mol. The molecule has 0 aliphatic carbocycles. The Morgan fingerprint density at radius 2 is 1.79 bits per heavy atom. The van der Waals surface area contributed by atoms with Crippen molar-refractivity contribution in [3.05, 3.63) is 77.1 Å². The van der Waals surface area contributed by atoms with Gasteiger partial charge in [-0.3, -0.25) is 15.0 Å². The summed E-state index contributed by atoms with van der Waals surface area (Å²) in [7, 11) is 0. The molecule has 0 saturated heterocycles. The van der Waals surface area contributed by atoms with Crippen molar-refractivity contribution in [1.29, 1.82) is 0 Å². The molecule has 0 N–H and O–H groups in total. The fraction of sp³-hybridized carbons (Fsp3) is 0.217. The van der Waals surface area contributed by atoms with E-state index < -0.39 is 0 Å². The molecule has 5 rings (SSSR count). The lowest BCUT2D eigenvalue weighted by Gasteiger charge is -2.06. The molecular weight excluding hydrogens is 346 g/mol. The Balaban J connectivity index is 1.51. The van der Waals surface area contributed by atoms with Crippen LogP contribution in [0.5, 0.6) is 0 Å². The maximum absolute atomic E-state index is 4.93. The fourth-order valence-electron chi connectivity index (χ4n) is 3.86. The number of hydrogen-bond donors (Lipinski definition) is 0. The average Bonchev–Trinajstić information content (AvgIpc) is 3.03. The molecule has 0 unspecified atom stereocenters. The second kappa shape index (κ2) is 6.37. The normalized spacial score (nSPS) is 11.7. The molecule has 0 bridgehead atoms. The van der Waals surface area contributed by atoms with Crippen LogP contribution in [0.2, 0.25) is 0 Å². The Morgan fingerprint density at radius 1 is 0.893 bits per heavy atom. The van der Waals surface area contributed by atoms with Crippen LogP contribution in [-0.4, -0.2) is 24.3 Å². The highest BCUT2D eigenvalue weighted by Crippen LogP contribution is 2.22. The van der Waals surface area contributed by atoms with Gasteiger partial charge in [0.15, 0.2) is 0 Å². The highest BCUT2D eigenvalue weighted by atomic mass is 15.0. The van der Waals surface area contributed by atoms with Gasteiger partial charge in [-0.2, -0.15) is 0 Å². The van der Waals surface area contributed by atoms with E-state index in [0.29, 0.717) is 0 Å². The molecule has 28 heavy (non-hydrogen) atoms. The fourth-order valence-corrected chi connectivity index (χ4v) is 3.86. The number of fused-ring (bicyclic) bond motifs is 4. The minimum atomic E-state index is 0.853. The Hall–Kier alpha value is -3.34. The summed E-state index contributed by atoms with van der Waals surface area (Å²) >= 11 is 0. The van der Waals surface area contributed by atoms with Gasteiger partial charge in [-0.1, -0.05) is 0 Å². The second-order valence-corrected chi connectivity index (χ2v) is 7.34. The summed E-state index contributed by atoms with van der Waals surface area (Å²) in [6.07, 6.45) is 5.58. The molecule has 5 nitrogen and oxygen atoms in total. The Morgan fingerprint density at radius 3 is 2.68 bits per heavy atom. The van der Waals surface area contributed by atoms with Crippen LogP contribution in [0, 0.1) is 20.8 Å². The van der Waals surface area contributed by atoms with E-state index in [1.54, 1.807) is 0 Å². The van der Waals surface area contributed by atoms with E-state index in [0.717, 1.165) is 57.5 Å². The maximum Gasteiger partial charge on any atom is 0.146 e. The SMILES string of the molecule is Cc1ccc2nc(CCc3nc4c5cccnc5ccn4c3C)cc(C)c2n1. The predicted octanol–water partition coefficient (Wildman–Crippen LogP) is 4.54. The van der Waals surface area contributed by atoms with Crippen LogP contribution >= 0.6 is 0 Å². The third-order valence-electron chi connectivity index (χ3n) is 5.36. The number of rotatable bonds is 3. The zero-order valence-electron chi connectivity index (χ0n) is 16.3. The van der Waals surface area contributed by atoms with E-state index in [1.165, 1.54) is 11.3 Å². The van der Waals surface area contributed by atoms with E-state index in [-0.39, 0.29) is 0 Å². The van der Waals surface area contributed by atoms with Gasteiger partial charge in [0.1, 0.15) is 5.65 Å². The lowest BCUT2D eigenvalue weighted by molar-refractivity contribution is 0.882. The number of aromatic nitrogens is 5. The largest absolute Gasteiger partial charge is 0.303 e. The van der Waals surface area contributed by atoms with Gasteiger partial charge in [-0.15, -0.1) is 0 Å². The van der Waals surface area contributed by atoms with E-state index in [2.05, 4.69) is 52.6 Å². The Bertz CT molecular complexity index is 1350. The molecule has 0 aliphatic heterocycles. The summed E-state index contributed by atoms with van der Waals surface area (Å²) in [4.78, 5) is 18.8. The molecule has 0 radical (unpaired) electrons. The highest BCUT2D eigenvalue weighted by Gasteiger charge is 2.12. The Labute approximate surface area is 163 Å². The minimum absolute atomic E-state index is 0.853. The summed E-state index contributed by atoms with van der Waals surface area (Å²) in [6.45, 7) is 6.25. The van der Waals surface area contributed by atoms with Crippen molar-refractivity contribution in [2.75, 3.05) is 0 Å². The van der Waals surface area contributed by atoms with Crippen LogP contribution in [0.3, 0.4) is 0 Å². The first-order chi connectivity index (χ1) is 13.6. The number of nitrogens with zero attached hydrogens (tertiary/aromatic N) is 5. The third-order valence-corrected chi connectivity index (χ3v) is 5.36. The molecule has 5 heteroatoms. The minimum Gasteiger partial charge on any atom is -0.303 e. The average molecular weight is 367 g/mol. The van der Waals surface area contributed by atoms with E-state index in [4.69, 9.17) is 9.97 Å². The molecule has 5 heterocycles. The van der Waals surface area contributed by atoms with Crippen LogP contribution in [0.4, 0.5) is 0 Å². The molecule has 0 saturated carbocycles. The van der Waals surface area contributed by atoms with Crippen LogP contribution in [-0.2, 0) is 12.8 Å². The van der Waals surface area contributed by atoms with Gasteiger partial charge in [0.25, 0.3) is 0 Å².